The number of aliphatic carboxylic acids is 1. The molecule has 0 bridgehead atoms. The molecule has 1 aromatic carbocycles. The first-order valence-electron chi connectivity index (χ1n) is 7.76. The molecule has 2 atom stereocenters. The Morgan fingerprint density at radius 3 is 2.44 bits per heavy atom. The Morgan fingerprint density at radius 2 is 1.96 bits per heavy atom. The van der Waals surface area contributed by atoms with Crippen LogP contribution in [0.3, 0.4) is 0 Å². The number of carbonyl (C=O) groups excluding carboxylic acids is 1. The minimum Gasteiger partial charge on any atom is -0.477 e. The summed E-state index contributed by atoms with van der Waals surface area (Å²) in [5, 5.41) is 8.87. The molecule has 1 aromatic rings. The number of benzene rings is 1. The van der Waals surface area contributed by atoms with Crippen molar-refractivity contribution in [2.24, 2.45) is 5.73 Å². The third-order valence-corrected chi connectivity index (χ3v) is 6.16. The lowest BCUT2D eigenvalue weighted by Gasteiger charge is -2.47. The van der Waals surface area contributed by atoms with Crippen LogP contribution in [0.25, 0.3) is 0 Å². The zero-order valence-electron chi connectivity index (χ0n) is 14.7. The molecule has 1 amide bonds. The summed E-state index contributed by atoms with van der Waals surface area (Å²) in [5.74, 6) is -0.891. The molecule has 1 saturated heterocycles. The van der Waals surface area contributed by atoms with Gasteiger partial charge in [0.1, 0.15) is 17.1 Å². The summed E-state index contributed by atoms with van der Waals surface area (Å²) in [6, 6.07) is 5.41. The number of aryl methyl sites for hydroxylation is 1. The Morgan fingerprint density at radius 1 is 1.37 bits per heavy atom. The largest absolute Gasteiger partial charge is 0.477 e. The molecule has 0 radical (unpaired) electrons. The van der Waals surface area contributed by atoms with Gasteiger partial charge in [0.25, 0.3) is 10.1 Å². The highest BCUT2D eigenvalue weighted by atomic mass is 32.2. The topological polar surface area (TPSA) is 147 Å². The number of fused-ring (bicyclic) bond motifs is 1. The van der Waals surface area contributed by atoms with Crippen molar-refractivity contribution in [1.82, 2.24) is 4.90 Å². The minimum absolute atomic E-state index is 0.0392. The van der Waals surface area contributed by atoms with Gasteiger partial charge in [-0.25, -0.2) is 4.79 Å². The van der Waals surface area contributed by atoms with Crippen LogP contribution in [0.5, 0.6) is 0 Å². The third kappa shape index (κ3) is 4.68. The van der Waals surface area contributed by atoms with E-state index in [1.807, 2.05) is 6.92 Å². The van der Waals surface area contributed by atoms with Crippen molar-refractivity contribution in [1.29, 1.82) is 0 Å². The molecule has 9 nitrogen and oxygen atoms in total. The quantitative estimate of drug-likeness (QED) is 0.470. The number of thioether (sulfide) groups is 1. The van der Waals surface area contributed by atoms with E-state index in [9.17, 15) is 18.0 Å². The third-order valence-electron chi connectivity index (χ3n) is 3.93. The van der Waals surface area contributed by atoms with Gasteiger partial charge in [0.15, 0.2) is 0 Å². The molecule has 2 heterocycles. The van der Waals surface area contributed by atoms with Gasteiger partial charge in [-0.1, -0.05) is 17.7 Å². The molecule has 0 aliphatic carbocycles. The number of nitrogens with zero attached hydrogens (tertiary/aromatic N) is 1. The Balaban J connectivity index is 0.000000208. The summed E-state index contributed by atoms with van der Waals surface area (Å²) < 4.78 is 34.5. The van der Waals surface area contributed by atoms with Crippen LogP contribution in [-0.2, 0) is 24.4 Å². The van der Waals surface area contributed by atoms with Crippen LogP contribution in [-0.4, -0.2) is 65.7 Å². The van der Waals surface area contributed by atoms with E-state index in [2.05, 4.69) is 0 Å². The number of rotatable bonds is 4. The highest BCUT2D eigenvalue weighted by Crippen LogP contribution is 2.39. The van der Waals surface area contributed by atoms with Gasteiger partial charge in [-0.2, -0.15) is 8.42 Å². The Bertz CT molecular complexity index is 865. The molecule has 27 heavy (non-hydrogen) atoms. The van der Waals surface area contributed by atoms with Crippen molar-refractivity contribution in [2.45, 2.75) is 23.2 Å². The van der Waals surface area contributed by atoms with Gasteiger partial charge in [-0.15, -0.1) is 11.8 Å². The van der Waals surface area contributed by atoms with Gasteiger partial charge in [0.05, 0.1) is 11.5 Å². The second-order valence-corrected chi connectivity index (χ2v) is 8.44. The molecule has 2 aliphatic rings. The number of amides is 1. The van der Waals surface area contributed by atoms with Gasteiger partial charge < -0.3 is 15.6 Å². The van der Waals surface area contributed by atoms with Crippen LogP contribution >= 0.6 is 11.8 Å². The number of hydrogen-bond donors (Lipinski definition) is 3. The van der Waals surface area contributed by atoms with Crippen LogP contribution in [0.15, 0.2) is 40.4 Å². The van der Waals surface area contributed by atoms with Crippen LogP contribution in [0.2, 0.25) is 0 Å². The average Bonchev–Trinajstić information content (AvgIpc) is 2.60. The summed E-state index contributed by atoms with van der Waals surface area (Å²) in [6.07, 6.45) is 0. The van der Waals surface area contributed by atoms with Crippen LogP contribution in [0.1, 0.15) is 5.56 Å². The van der Waals surface area contributed by atoms with E-state index in [0.29, 0.717) is 11.3 Å². The zero-order valence-corrected chi connectivity index (χ0v) is 16.3. The van der Waals surface area contributed by atoms with E-state index in [-0.39, 0.29) is 28.5 Å². The number of methoxy groups -OCH3 is 1. The number of carbonyl (C=O) groups is 2. The lowest BCUT2D eigenvalue weighted by Crippen LogP contribution is -2.68. The van der Waals surface area contributed by atoms with E-state index in [4.69, 9.17) is 20.1 Å². The molecule has 1 unspecified atom stereocenters. The molecule has 3 rings (SSSR count). The van der Waals surface area contributed by atoms with Gasteiger partial charge in [0, 0.05) is 12.9 Å². The predicted octanol–water partition coefficient (Wildman–Crippen LogP) is 0.456. The molecule has 0 saturated carbocycles. The summed E-state index contributed by atoms with van der Waals surface area (Å²) >= 11 is 1.47. The van der Waals surface area contributed by atoms with E-state index in [1.165, 1.54) is 35.9 Å². The van der Waals surface area contributed by atoms with Crippen molar-refractivity contribution in [3.8, 4) is 0 Å². The first-order chi connectivity index (χ1) is 12.6. The second-order valence-electron chi connectivity index (χ2n) is 5.91. The maximum absolute atomic E-state index is 11.5. The fraction of sp³-hybridized carbons (Fsp3) is 0.375. The summed E-state index contributed by atoms with van der Waals surface area (Å²) in [7, 11) is -2.53. The van der Waals surface area contributed by atoms with Crippen molar-refractivity contribution < 1.29 is 32.4 Å². The van der Waals surface area contributed by atoms with Crippen molar-refractivity contribution in [3.05, 3.63) is 41.1 Å². The van der Waals surface area contributed by atoms with Crippen LogP contribution in [0.4, 0.5) is 0 Å². The van der Waals surface area contributed by atoms with Gasteiger partial charge in [-0.3, -0.25) is 14.2 Å². The van der Waals surface area contributed by atoms with Crippen molar-refractivity contribution in [2.75, 3.05) is 19.5 Å². The molecular formula is C16H20N2O7S2. The lowest BCUT2D eigenvalue weighted by atomic mass is 10.0. The van der Waals surface area contributed by atoms with E-state index in [0.717, 1.165) is 5.56 Å². The van der Waals surface area contributed by atoms with E-state index < -0.39 is 22.1 Å². The predicted molar refractivity (Wildman–Crippen MR) is 98.6 cm³/mol. The number of nitrogens with two attached hydrogens (primary N) is 1. The van der Waals surface area contributed by atoms with E-state index >= 15 is 0 Å². The SMILES string of the molecule is COCC1=C(C(=O)O)N2C(=O)C(N)[C@@H]2SC1.Cc1ccc(S(=O)(=O)O)cc1. The highest BCUT2D eigenvalue weighted by molar-refractivity contribution is 8.00. The molecule has 0 aromatic heterocycles. The number of ether oxygens (including phenoxy) is 1. The molecular weight excluding hydrogens is 396 g/mol. The fourth-order valence-corrected chi connectivity index (χ4v) is 4.33. The number of carboxylic acid groups (broad SMARTS) is 1. The Kier molecular flexibility index (Phi) is 6.65. The first-order valence-corrected chi connectivity index (χ1v) is 10.3. The number of carboxylic acids is 1. The maximum Gasteiger partial charge on any atom is 0.352 e. The smallest absolute Gasteiger partial charge is 0.352 e. The van der Waals surface area contributed by atoms with Crippen LogP contribution < -0.4 is 5.73 Å². The zero-order chi connectivity index (χ0) is 20.4. The average molecular weight is 416 g/mol. The molecule has 1 fully saturated rings. The summed E-state index contributed by atoms with van der Waals surface area (Å²) in [5.41, 5.74) is 7.22. The fourth-order valence-electron chi connectivity index (χ4n) is 2.58. The Labute approximate surface area is 160 Å². The minimum atomic E-state index is -4.02. The highest BCUT2D eigenvalue weighted by Gasteiger charge is 2.51. The number of hydrogen-bond acceptors (Lipinski definition) is 7. The molecule has 0 spiro atoms. The van der Waals surface area contributed by atoms with Crippen LogP contribution in [0, 0.1) is 6.92 Å². The van der Waals surface area contributed by atoms with Crippen molar-refractivity contribution in [3.63, 3.8) is 0 Å². The monoisotopic (exact) mass is 416 g/mol. The van der Waals surface area contributed by atoms with Gasteiger partial charge in [-0.05, 0) is 24.6 Å². The number of β-lactam (4-membered cyclic amide) rings is 1. The molecule has 11 heteroatoms. The van der Waals surface area contributed by atoms with E-state index in [1.54, 1.807) is 12.1 Å². The maximum atomic E-state index is 11.5. The molecule has 148 valence electrons. The Hall–Kier alpha value is -1.92. The lowest BCUT2D eigenvalue weighted by molar-refractivity contribution is -0.148. The first kappa shape index (κ1) is 21.4. The standard InChI is InChI=1S/C9H12N2O4S.C7H8O3S/c1-15-2-4-3-16-8-5(10)7(12)11(8)6(4)9(13)14;1-6-2-4-7(5-3-6)11(8,9)10/h5,8H,2-3,10H2,1H3,(H,13,14);2-5H,1H3,(H,8,9,10)/t5?,8-;/m0./s1. The summed E-state index contributed by atoms with van der Waals surface area (Å²) in [4.78, 5) is 23.8. The van der Waals surface area contributed by atoms with Gasteiger partial charge >= 0.3 is 5.97 Å². The second kappa shape index (κ2) is 8.40. The van der Waals surface area contributed by atoms with Crippen molar-refractivity contribution >= 4 is 33.8 Å². The molecule has 4 N–H and O–H groups in total. The van der Waals surface area contributed by atoms with Gasteiger partial charge in [0.2, 0.25) is 5.91 Å². The normalized spacial score (nSPS) is 21.8. The molecule has 2 aliphatic heterocycles. The summed E-state index contributed by atoms with van der Waals surface area (Å²) in [6.45, 7) is 2.06.